The maximum atomic E-state index is 11.8. The van der Waals surface area contributed by atoms with Gasteiger partial charge in [-0.1, -0.05) is 18.2 Å². The zero-order chi connectivity index (χ0) is 15.0. The number of hydrogen-bond acceptors (Lipinski definition) is 4. The van der Waals surface area contributed by atoms with Gasteiger partial charge in [0, 0.05) is 26.6 Å². The van der Waals surface area contributed by atoms with E-state index in [1.807, 2.05) is 24.3 Å². The molecule has 0 aromatic heterocycles. The molecule has 0 saturated carbocycles. The van der Waals surface area contributed by atoms with Crippen LogP contribution in [0.3, 0.4) is 0 Å². The molecule has 110 valence electrons. The van der Waals surface area contributed by atoms with Gasteiger partial charge in [0.25, 0.3) is 0 Å². The summed E-state index contributed by atoms with van der Waals surface area (Å²) in [5, 5.41) is 2.70. The Morgan fingerprint density at radius 1 is 1.35 bits per heavy atom. The van der Waals surface area contributed by atoms with Crippen molar-refractivity contribution in [3.63, 3.8) is 0 Å². The molecule has 0 aliphatic heterocycles. The second kappa shape index (κ2) is 8.16. The van der Waals surface area contributed by atoms with Crippen molar-refractivity contribution in [1.82, 2.24) is 10.2 Å². The minimum atomic E-state index is -0.419. The van der Waals surface area contributed by atoms with Crippen molar-refractivity contribution in [3.8, 4) is 5.75 Å². The van der Waals surface area contributed by atoms with Crippen molar-refractivity contribution < 1.29 is 14.3 Å². The Morgan fingerprint density at radius 3 is 2.65 bits per heavy atom. The number of nitrogens with two attached hydrogens (primary N) is 1. The van der Waals surface area contributed by atoms with Crippen molar-refractivity contribution in [2.45, 2.75) is 13.3 Å². The second-order valence-electron chi connectivity index (χ2n) is 4.25. The molecule has 0 heterocycles. The first-order valence-corrected chi connectivity index (χ1v) is 6.48. The van der Waals surface area contributed by atoms with Gasteiger partial charge in [0.05, 0.1) is 7.11 Å². The van der Waals surface area contributed by atoms with Crippen LogP contribution in [0.15, 0.2) is 24.3 Å². The van der Waals surface area contributed by atoms with Gasteiger partial charge in [-0.05, 0) is 18.1 Å². The Bertz CT molecular complexity index is 463. The molecular weight excluding hydrogens is 258 g/mol. The van der Waals surface area contributed by atoms with Crippen LogP contribution in [0.25, 0.3) is 0 Å². The summed E-state index contributed by atoms with van der Waals surface area (Å²) in [6.07, 6.45) is 0.629. The van der Waals surface area contributed by atoms with Crippen molar-refractivity contribution in [1.29, 1.82) is 0 Å². The van der Waals surface area contributed by atoms with Crippen molar-refractivity contribution in [2.75, 3.05) is 26.7 Å². The summed E-state index contributed by atoms with van der Waals surface area (Å²) in [6, 6.07) is 7.19. The summed E-state index contributed by atoms with van der Waals surface area (Å²) in [5.41, 5.74) is 6.38. The first-order valence-electron chi connectivity index (χ1n) is 6.48. The lowest BCUT2D eigenvalue weighted by Gasteiger charge is -2.19. The van der Waals surface area contributed by atoms with Crippen LogP contribution in [0.1, 0.15) is 12.5 Å². The molecule has 20 heavy (non-hydrogen) atoms. The van der Waals surface area contributed by atoms with E-state index in [1.165, 1.54) is 6.92 Å². The predicted octanol–water partition coefficient (Wildman–Crippen LogP) is 0.754. The Hall–Kier alpha value is -2.08. The highest BCUT2D eigenvalue weighted by molar-refractivity contribution is 5.93. The monoisotopic (exact) mass is 279 g/mol. The normalized spacial score (nSPS) is 9.95. The fourth-order valence-corrected chi connectivity index (χ4v) is 1.84. The summed E-state index contributed by atoms with van der Waals surface area (Å²) < 4.78 is 5.23. The lowest BCUT2D eigenvalue weighted by atomic mass is 10.1. The maximum absolute atomic E-state index is 11.8. The van der Waals surface area contributed by atoms with Crippen LogP contribution in [0.2, 0.25) is 0 Å². The Morgan fingerprint density at radius 2 is 2.05 bits per heavy atom. The van der Waals surface area contributed by atoms with Crippen LogP contribution in [-0.4, -0.2) is 43.6 Å². The van der Waals surface area contributed by atoms with E-state index in [9.17, 15) is 9.59 Å². The molecule has 0 unspecified atom stereocenters. The molecule has 3 amide bonds. The van der Waals surface area contributed by atoms with Gasteiger partial charge in [-0.15, -0.1) is 0 Å². The third-order valence-electron chi connectivity index (χ3n) is 2.84. The van der Waals surface area contributed by atoms with Crippen molar-refractivity contribution in [3.05, 3.63) is 29.8 Å². The number of amides is 3. The van der Waals surface area contributed by atoms with Crippen LogP contribution < -0.4 is 15.8 Å². The zero-order valence-corrected chi connectivity index (χ0v) is 11.9. The topological polar surface area (TPSA) is 84.7 Å². The molecule has 1 aromatic carbocycles. The number of imide groups is 1. The van der Waals surface area contributed by atoms with E-state index in [4.69, 9.17) is 10.5 Å². The molecular formula is C14H21N3O3. The molecule has 0 aliphatic rings. The number of carbonyl (C=O) groups excluding carboxylic acids is 2. The predicted molar refractivity (Wildman–Crippen MR) is 76.5 cm³/mol. The fraction of sp³-hybridized carbons (Fsp3) is 0.429. The van der Waals surface area contributed by atoms with E-state index < -0.39 is 6.03 Å². The number of rotatable bonds is 6. The number of nitrogens with one attached hydrogen (secondary N) is 1. The van der Waals surface area contributed by atoms with Crippen molar-refractivity contribution >= 4 is 11.9 Å². The number of carbonyl (C=O) groups is 2. The summed E-state index contributed by atoms with van der Waals surface area (Å²) in [6.45, 7) is 2.23. The number of hydrogen-bond donors (Lipinski definition) is 2. The second-order valence-corrected chi connectivity index (χ2v) is 4.25. The highest BCUT2D eigenvalue weighted by atomic mass is 16.5. The summed E-state index contributed by atoms with van der Waals surface area (Å²) in [7, 11) is 1.61. The number of urea groups is 1. The largest absolute Gasteiger partial charge is 0.496 e. The Kier molecular flexibility index (Phi) is 6.52. The lowest BCUT2D eigenvalue weighted by molar-refractivity contribution is -0.125. The van der Waals surface area contributed by atoms with Crippen LogP contribution >= 0.6 is 0 Å². The van der Waals surface area contributed by atoms with Crippen LogP contribution in [0.5, 0.6) is 5.75 Å². The summed E-state index contributed by atoms with van der Waals surface area (Å²) in [5.74, 6) is 0.470. The molecule has 1 rings (SSSR count). The molecule has 0 bridgehead atoms. The number of methoxy groups -OCH3 is 1. The van der Waals surface area contributed by atoms with Gasteiger partial charge < -0.3 is 15.8 Å². The minimum absolute atomic E-state index is 0.218. The molecule has 0 aliphatic carbocycles. The summed E-state index contributed by atoms with van der Waals surface area (Å²) in [4.78, 5) is 24.2. The number of ether oxygens (including phenoxy) is 1. The van der Waals surface area contributed by atoms with Crippen molar-refractivity contribution in [2.24, 2.45) is 5.73 Å². The van der Waals surface area contributed by atoms with Crippen LogP contribution in [-0.2, 0) is 11.2 Å². The van der Waals surface area contributed by atoms with Gasteiger partial charge in [0.15, 0.2) is 0 Å². The third-order valence-corrected chi connectivity index (χ3v) is 2.84. The molecule has 0 radical (unpaired) electrons. The molecule has 0 saturated heterocycles. The highest BCUT2D eigenvalue weighted by Gasteiger charge is 2.16. The third kappa shape index (κ3) is 4.55. The molecule has 3 N–H and O–H groups in total. The van der Waals surface area contributed by atoms with E-state index in [1.54, 1.807) is 7.11 Å². The number of para-hydroxylation sites is 1. The maximum Gasteiger partial charge on any atom is 0.324 e. The van der Waals surface area contributed by atoms with Gasteiger partial charge in [-0.3, -0.25) is 9.69 Å². The molecule has 0 atom stereocenters. The minimum Gasteiger partial charge on any atom is -0.496 e. The van der Waals surface area contributed by atoms with Gasteiger partial charge in [-0.2, -0.15) is 0 Å². The Labute approximate surface area is 118 Å². The van der Waals surface area contributed by atoms with Gasteiger partial charge in [0.2, 0.25) is 5.91 Å². The quantitative estimate of drug-likeness (QED) is 0.805. The average molecular weight is 279 g/mol. The SMILES string of the molecule is COc1ccccc1CCNC(=O)N(CCN)C(C)=O. The Balaban J connectivity index is 2.50. The van der Waals surface area contributed by atoms with E-state index in [0.717, 1.165) is 16.2 Å². The zero-order valence-electron chi connectivity index (χ0n) is 11.9. The highest BCUT2D eigenvalue weighted by Crippen LogP contribution is 2.17. The smallest absolute Gasteiger partial charge is 0.324 e. The first kappa shape index (κ1) is 16.0. The van der Waals surface area contributed by atoms with Gasteiger partial charge >= 0.3 is 6.03 Å². The van der Waals surface area contributed by atoms with Crippen LogP contribution in [0.4, 0.5) is 4.79 Å². The standard InChI is InChI=1S/C14H21N3O3/c1-11(18)17(10-8-15)14(19)16-9-7-12-5-3-4-6-13(12)20-2/h3-6H,7-10,15H2,1-2H3,(H,16,19). The van der Waals surface area contributed by atoms with Gasteiger partial charge in [0.1, 0.15) is 5.75 Å². The van der Waals surface area contributed by atoms with E-state index in [2.05, 4.69) is 5.32 Å². The fourth-order valence-electron chi connectivity index (χ4n) is 1.84. The average Bonchev–Trinajstić information content (AvgIpc) is 2.44. The molecule has 1 aromatic rings. The molecule has 0 fully saturated rings. The van der Waals surface area contributed by atoms with Gasteiger partial charge in [-0.25, -0.2) is 4.79 Å². The lowest BCUT2D eigenvalue weighted by Crippen LogP contribution is -2.45. The van der Waals surface area contributed by atoms with Crippen LogP contribution in [0, 0.1) is 0 Å². The number of nitrogens with zero attached hydrogens (tertiary/aromatic N) is 1. The molecule has 6 heteroatoms. The summed E-state index contributed by atoms with van der Waals surface area (Å²) >= 11 is 0. The molecule has 0 spiro atoms. The van der Waals surface area contributed by atoms with E-state index in [0.29, 0.717) is 13.0 Å². The van der Waals surface area contributed by atoms with E-state index in [-0.39, 0.29) is 19.0 Å². The van der Waals surface area contributed by atoms with E-state index >= 15 is 0 Å². The number of benzene rings is 1. The first-order chi connectivity index (χ1) is 9.60. The molecule has 6 nitrogen and oxygen atoms in total.